The van der Waals surface area contributed by atoms with Gasteiger partial charge in [-0.1, -0.05) is 285 Å². The number of anilines is 12. The number of aryl methyl sites for hydroxylation is 14. The normalized spacial score (nSPS) is 11.2. The number of hydrogen-bond acceptors (Lipinski definition) is 5. The van der Waals surface area contributed by atoms with Gasteiger partial charge in [-0.05, 0) is 373 Å². The topological polar surface area (TPSA) is 22.2 Å². The minimum atomic E-state index is 0.627. The van der Waals surface area contributed by atoms with E-state index in [2.05, 4.69) is 529 Å². The minimum absolute atomic E-state index is 0.627. The van der Waals surface area contributed by atoms with Crippen LogP contribution in [-0.4, -0.2) is 0 Å². The second kappa shape index (κ2) is 37.3. The SMILES string of the molecule is Cc1cccc(C)c1-c1ccc(N(c2ccc(-c3c(C)cccc3C)cc2)c2cc(Oc3cccc(N(c4cc(-c5c(C)cccc5C)cc(N(c5ccc(-c6c(C)cccc6C)cc5)c5ccc(-c6c(C)cccc6C)cc5)c4)c4c(-c5ccccc5)cccc4-c4ccccc4)c3)cc(N(c3ccc(-c4c(C)cccc4C)cc3)c3ccc(-c4c(C)cccc4C)cc3)c2)cc1. The lowest BCUT2D eigenvalue weighted by Gasteiger charge is -2.33. The van der Waals surface area contributed by atoms with Crippen LogP contribution in [0.2, 0.25) is 0 Å². The van der Waals surface area contributed by atoms with Gasteiger partial charge >= 0.3 is 0 Å². The molecule has 0 saturated carbocycles. The third kappa shape index (κ3) is 17.5. The van der Waals surface area contributed by atoms with E-state index in [0.29, 0.717) is 11.5 Å². The van der Waals surface area contributed by atoms with Gasteiger partial charge in [-0.15, -0.1) is 0 Å². The Hall–Kier alpha value is -15.8. The van der Waals surface area contributed by atoms with E-state index in [1.165, 1.54) is 128 Å². The van der Waals surface area contributed by atoms with E-state index in [0.717, 1.165) is 118 Å². The van der Waals surface area contributed by atoms with Crippen LogP contribution >= 0.6 is 0 Å². The molecule has 0 fully saturated rings. The smallest absolute Gasteiger partial charge is 0.131 e. The standard InChI is InChI=1S/C128H110N4O/c1-83-30-21-31-84(2)121(83)99-52-64-106(65-53-99)129(107-66-54-100(55-67-107)122-85(3)32-22-33-86(122)4)113-76-105(127-95(13)42-27-43-96(127)14)77-114(78-113)132(128-119(97-44-17-15-18-45-97)50-29-51-120(128)98-46-19-16-20-47-98)112-48-28-49-117(80-112)133-118-81-115(130(108-68-56-101(57-69-108)123-87(5)34-23-35-88(123)6)109-70-58-102(59-71-109)124-89(7)36-24-37-90(124)8)79-116(82-118)131(110-72-60-103(61-73-110)125-91(9)38-25-39-92(125)10)111-74-62-104(63-75-111)126-93(11)40-26-41-94(126)12/h15-82H,1-14H3. The van der Waals surface area contributed by atoms with Gasteiger partial charge in [0.05, 0.1) is 17.1 Å². The molecule has 0 saturated heterocycles. The molecule has 0 amide bonds. The van der Waals surface area contributed by atoms with Crippen molar-refractivity contribution >= 4 is 68.2 Å². The summed E-state index contributed by atoms with van der Waals surface area (Å²) in [6.45, 7) is 31.1. The fourth-order valence-corrected chi connectivity index (χ4v) is 20.5. The van der Waals surface area contributed by atoms with Gasteiger partial charge in [-0.3, -0.25) is 0 Å². The first kappa shape index (κ1) is 86.6. The van der Waals surface area contributed by atoms with Crippen molar-refractivity contribution in [2.45, 2.75) is 96.9 Å². The van der Waals surface area contributed by atoms with Gasteiger partial charge in [0, 0.05) is 80.5 Å². The molecule has 19 aromatic carbocycles. The van der Waals surface area contributed by atoms with Crippen LogP contribution < -0.4 is 24.3 Å². The third-order valence-corrected chi connectivity index (χ3v) is 26.7. The molecule has 5 heteroatoms. The van der Waals surface area contributed by atoms with Crippen LogP contribution in [0, 0.1) is 96.9 Å². The molecular weight excluding hydrogens is 1610 g/mol. The summed E-state index contributed by atoms with van der Waals surface area (Å²) in [5.41, 5.74) is 49.6. The van der Waals surface area contributed by atoms with E-state index in [1.807, 2.05) is 0 Å². The van der Waals surface area contributed by atoms with E-state index in [-0.39, 0.29) is 0 Å². The van der Waals surface area contributed by atoms with Crippen molar-refractivity contribution in [2.24, 2.45) is 0 Å². The average Bonchev–Trinajstić information content (AvgIpc) is 0.767. The van der Waals surface area contributed by atoms with Gasteiger partial charge in [0.2, 0.25) is 0 Å². The Bertz CT molecular complexity index is 6820. The fraction of sp³-hybridized carbons (Fsp3) is 0.109. The predicted octanol–water partition coefficient (Wildman–Crippen LogP) is 36.7. The van der Waals surface area contributed by atoms with E-state index in [9.17, 15) is 0 Å². The van der Waals surface area contributed by atoms with Crippen molar-refractivity contribution < 1.29 is 4.74 Å². The molecule has 19 aromatic rings. The average molecular weight is 1720 g/mol. The first-order valence-corrected chi connectivity index (χ1v) is 46.3. The van der Waals surface area contributed by atoms with Gasteiger partial charge in [0.1, 0.15) is 11.5 Å². The molecular formula is C128H110N4O. The largest absolute Gasteiger partial charge is 0.457 e. The predicted molar refractivity (Wildman–Crippen MR) is 567 cm³/mol. The van der Waals surface area contributed by atoms with E-state index in [1.54, 1.807) is 0 Å². The summed E-state index contributed by atoms with van der Waals surface area (Å²) in [5.74, 6) is 1.26. The summed E-state index contributed by atoms with van der Waals surface area (Å²) in [5, 5.41) is 0. The highest BCUT2D eigenvalue weighted by Crippen LogP contribution is 2.53. The molecule has 0 aliphatic carbocycles. The highest BCUT2D eigenvalue weighted by Gasteiger charge is 2.29. The Kier molecular flexibility index (Phi) is 24.3. The Balaban J connectivity index is 0.855. The second-order valence-corrected chi connectivity index (χ2v) is 35.9. The molecule has 133 heavy (non-hydrogen) atoms. The quantitative estimate of drug-likeness (QED) is 0.0635. The monoisotopic (exact) mass is 1720 g/mol. The highest BCUT2D eigenvalue weighted by molar-refractivity contribution is 6.00. The highest BCUT2D eigenvalue weighted by atomic mass is 16.5. The molecule has 0 aromatic heterocycles. The van der Waals surface area contributed by atoms with Gasteiger partial charge in [-0.2, -0.15) is 0 Å². The molecule has 0 N–H and O–H groups in total. The van der Waals surface area contributed by atoms with Crippen LogP contribution in [0.25, 0.3) is 100 Å². The first-order chi connectivity index (χ1) is 64.7. The Morgan fingerprint density at radius 1 is 0.135 bits per heavy atom. The molecule has 19 rings (SSSR count). The maximum atomic E-state index is 7.94. The zero-order chi connectivity index (χ0) is 91.7. The Morgan fingerprint density at radius 2 is 0.346 bits per heavy atom. The number of hydrogen-bond donors (Lipinski definition) is 0. The fourth-order valence-electron chi connectivity index (χ4n) is 20.5. The number of nitrogens with zero attached hydrogens (tertiary/aromatic N) is 4. The van der Waals surface area contributed by atoms with Crippen LogP contribution in [0.5, 0.6) is 11.5 Å². The van der Waals surface area contributed by atoms with E-state index in [4.69, 9.17) is 4.74 Å². The maximum absolute atomic E-state index is 7.94. The number of para-hydroxylation sites is 1. The van der Waals surface area contributed by atoms with Crippen LogP contribution in [-0.2, 0) is 0 Å². The van der Waals surface area contributed by atoms with Gasteiger partial charge in [0.15, 0.2) is 0 Å². The van der Waals surface area contributed by atoms with E-state index >= 15 is 0 Å². The van der Waals surface area contributed by atoms with Crippen LogP contribution in [0.1, 0.15) is 77.9 Å². The molecule has 648 valence electrons. The lowest BCUT2D eigenvalue weighted by Crippen LogP contribution is -2.15. The number of rotatable bonds is 23. The molecule has 0 spiro atoms. The lowest BCUT2D eigenvalue weighted by atomic mass is 9.92. The minimum Gasteiger partial charge on any atom is -0.457 e. The van der Waals surface area contributed by atoms with Crippen molar-refractivity contribution in [3.8, 4) is 112 Å². The number of benzene rings is 19. The zero-order valence-electron chi connectivity index (χ0n) is 78.5. The Labute approximate surface area is 786 Å². The lowest BCUT2D eigenvalue weighted by molar-refractivity contribution is 0.483. The third-order valence-electron chi connectivity index (χ3n) is 26.7. The summed E-state index contributed by atoms with van der Waals surface area (Å²) >= 11 is 0. The molecule has 0 bridgehead atoms. The Morgan fingerprint density at radius 3 is 0.602 bits per heavy atom. The molecule has 5 nitrogen and oxygen atoms in total. The summed E-state index contributed by atoms with van der Waals surface area (Å²) in [6, 6.07) is 153. The van der Waals surface area contributed by atoms with Crippen molar-refractivity contribution in [2.75, 3.05) is 19.6 Å². The number of ether oxygens (including phenoxy) is 1. The van der Waals surface area contributed by atoms with Gasteiger partial charge in [0.25, 0.3) is 0 Å². The van der Waals surface area contributed by atoms with Crippen LogP contribution in [0.15, 0.2) is 413 Å². The molecule has 0 aliphatic heterocycles. The molecule has 0 heterocycles. The molecule has 0 aliphatic rings. The van der Waals surface area contributed by atoms with E-state index < -0.39 is 0 Å². The summed E-state index contributed by atoms with van der Waals surface area (Å²) in [4.78, 5) is 9.76. The maximum Gasteiger partial charge on any atom is 0.131 e. The first-order valence-electron chi connectivity index (χ1n) is 46.3. The van der Waals surface area contributed by atoms with Gasteiger partial charge < -0.3 is 24.3 Å². The van der Waals surface area contributed by atoms with Crippen molar-refractivity contribution in [3.05, 3.63) is 490 Å². The molecule has 0 radical (unpaired) electrons. The van der Waals surface area contributed by atoms with Crippen molar-refractivity contribution in [1.29, 1.82) is 0 Å². The molecule has 0 atom stereocenters. The van der Waals surface area contributed by atoms with Crippen molar-refractivity contribution in [1.82, 2.24) is 0 Å². The summed E-state index contributed by atoms with van der Waals surface area (Å²) < 4.78 is 7.94. The summed E-state index contributed by atoms with van der Waals surface area (Å²) in [6.07, 6.45) is 0. The second-order valence-electron chi connectivity index (χ2n) is 35.9. The molecule has 0 unspecified atom stereocenters. The van der Waals surface area contributed by atoms with Gasteiger partial charge in [-0.25, -0.2) is 0 Å². The van der Waals surface area contributed by atoms with Crippen LogP contribution in [0.3, 0.4) is 0 Å². The zero-order valence-corrected chi connectivity index (χ0v) is 78.5. The van der Waals surface area contributed by atoms with Crippen LogP contribution in [0.4, 0.5) is 68.2 Å². The summed E-state index contributed by atoms with van der Waals surface area (Å²) in [7, 11) is 0. The van der Waals surface area contributed by atoms with Crippen molar-refractivity contribution in [3.63, 3.8) is 0 Å².